The number of aromatic nitrogens is 3. The number of carbonyl (C=O) groups excluding carboxylic acids is 1. The lowest BCUT2D eigenvalue weighted by Gasteiger charge is -2.08. The van der Waals surface area contributed by atoms with E-state index in [2.05, 4.69) is 21.5 Å². The minimum absolute atomic E-state index is 0.0242. The summed E-state index contributed by atoms with van der Waals surface area (Å²) in [5.41, 5.74) is 5.10. The quantitative estimate of drug-likeness (QED) is 0.508. The van der Waals surface area contributed by atoms with Gasteiger partial charge >= 0.3 is 0 Å². The van der Waals surface area contributed by atoms with Gasteiger partial charge in [-0.05, 0) is 49.2 Å². The number of benzene rings is 2. The molecular formula is C22H18ClFN4O. The van der Waals surface area contributed by atoms with E-state index < -0.39 is 5.82 Å². The summed E-state index contributed by atoms with van der Waals surface area (Å²) in [6.45, 7) is 3.92. The highest BCUT2D eigenvalue weighted by atomic mass is 35.5. The van der Waals surface area contributed by atoms with Gasteiger partial charge in [0.2, 0.25) is 5.91 Å². The van der Waals surface area contributed by atoms with Gasteiger partial charge in [-0.25, -0.2) is 14.1 Å². The van der Waals surface area contributed by atoms with E-state index in [1.54, 1.807) is 10.9 Å². The van der Waals surface area contributed by atoms with Gasteiger partial charge in [0.15, 0.2) is 5.65 Å². The maximum atomic E-state index is 13.3. The summed E-state index contributed by atoms with van der Waals surface area (Å²) in [6, 6.07) is 14.2. The van der Waals surface area contributed by atoms with Crippen LogP contribution in [0.2, 0.25) is 5.02 Å². The second kappa shape index (κ2) is 7.64. The van der Waals surface area contributed by atoms with Gasteiger partial charge in [-0.3, -0.25) is 4.79 Å². The zero-order chi connectivity index (χ0) is 20.5. The van der Waals surface area contributed by atoms with Crippen LogP contribution in [0, 0.1) is 19.7 Å². The Kier molecular flexibility index (Phi) is 5.03. The number of hydrogen-bond acceptors (Lipinski definition) is 3. The second-order valence-corrected chi connectivity index (χ2v) is 7.25. The Morgan fingerprint density at radius 1 is 1.17 bits per heavy atom. The third-order valence-electron chi connectivity index (χ3n) is 4.63. The third-order valence-corrected chi connectivity index (χ3v) is 4.92. The van der Waals surface area contributed by atoms with E-state index in [9.17, 15) is 9.18 Å². The monoisotopic (exact) mass is 408 g/mol. The molecule has 0 saturated heterocycles. The molecule has 0 fully saturated rings. The molecule has 0 aliphatic carbocycles. The van der Waals surface area contributed by atoms with Gasteiger partial charge in [-0.2, -0.15) is 5.10 Å². The number of nitrogens with zero attached hydrogens (tertiary/aromatic N) is 3. The van der Waals surface area contributed by atoms with Crippen molar-refractivity contribution in [2.75, 3.05) is 5.32 Å². The number of pyridine rings is 1. The Bertz CT molecular complexity index is 1230. The molecular weight excluding hydrogens is 391 g/mol. The molecule has 2 heterocycles. The van der Waals surface area contributed by atoms with Gasteiger partial charge in [0.1, 0.15) is 12.4 Å². The molecule has 146 valence electrons. The Morgan fingerprint density at radius 2 is 2.00 bits per heavy atom. The van der Waals surface area contributed by atoms with E-state index >= 15 is 0 Å². The summed E-state index contributed by atoms with van der Waals surface area (Å²) < 4.78 is 14.9. The zero-order valence-corrected chi connectivity index (χ0v) is 16.7. The predicted octanol–water partition coefficient (Wildman–Crippen LogP) is 5.15. The van der Waals surface area contributed by atoms with E-state index in [0.29, 0.717) is 11.3 Å². The molecule has 0 spiro atoms. The van der Waals surface area contributed by atoms with Crippen LogP contribution in [0.5, 0.6) is 0 Å². The summed E-state index contributed by atoms with van der Waals surface area (Å²) in [5.74, 6) is -0.842. The summed E-state index contributed by atoms with van der Waals surface area (Å²) >= 11 is 5.77. The van der Waals surface area contributed by atoms with Gasteiger partial charge in [-0.15, -0.1) is 0 Å². The number of aryl methyl sites for hydroxylation is 2. The van der Waals surface area contributed by atoms with Crippen molar-refractivity contribution in [3.05, 3.63) is 76.8 Å². The van der Waals surface area contributed by atoms with Crippen molar-refractivity contribution < 1.29 is 9.18 Å². The lowest BCUT2D eigenvalue weighted by molar-refractivity contribution is -0.116. The predicted molar refractivity (Wildman–Crippen MR) is 112 cm³/mol. The average molecular weight is 409 g/mol. The summed E-state index contributed by atoms with van der Waals surface area (Å²) in [4.78, 5) is 16.9. The maximum absolute atomic E-state index is 13.3. The highest BCUT2D eigenvalue weighted by Crippen LogP contribution is 2.30. The van der Waals surface area contributed by atoms with Gasteiger partial charge in [-0.1, -0.05) is 41.4 Å². The van der Waals surface area contributed by atoms with Crippen LogP contribution < -0.4 is 5.32 Å². The second-order valence-electron chi connectivity index (χ2n) is 6.85. The fourth-order valence-electron chi connectivity index (χ4n) is 3.36. The first-order valence-electron chi connectivity index (χ1n) is 9.06. The first kappa shape index (κ1) is 19.1. The lowest BCUT2D eigenvalue weighted by atomic mass is 10.0. The fraction of sp³-hybridized carbons (Fsp3) is 0.136. The van der Waals surface area contributed by atoms with Crippen LogP contribution in [-0.4, -0.2) is 20.7 Å². The number of hydrogen-bond donors (Lipinski definition) is 1. The van der Waals surface area contributed by atoms with Crippen LogP contribution >= 0.6 is 11.6 Å². The van der Waals surface area contributed by atoms with Crippen LogP contribution in [0.3, 0.4) is 0 Å². The van der Waals surface area contributed by atoms with Crippen molar-refractivity contribution in [1.29, 1.82) is 0 Å². The molecule has 2 aromatic heterocycles. The SMILES string of the molecule is Cc1cccc(-c2ccnc3c2c(C)nn3CC(=O)Nc2ccc(F)c(Cl)c2)c1. The molecule has 29 heavy (non-hydrogen) atoms. The smallest absolute Gasteiger partial charge is 0.246 e. The molecule has 0 bridgehead atoms. The van der Waals surface area contributed by atoms with E-state index in [1.165, 1.54) is 18.2 Å². The highest BCUT2D eigenvalue weighted by molar-refractivity contribution is 6.31. The molecule has 2 aromatic carbocycles. The Morgan fingerprint density at radius 3 is 2.76 bits per heavy atom. The first-order chi connectivity index (χ1) is 13.9. The third kappa shape index (κ3) is 3.84. The number of carbonyl (C=O) groups is 1. The Hall–Kier alpha value is -3.25. The molecule has 1 N–H and O–H groups in total. The number of rotatable bonds is 4. The molecule has 0 radical (unpaired) electrons. The largest absolute Gasteiger partial charge is 0.324 e. The van der Waals surface area contributed by atoms with E-state index in [0.717, 1.165) is 27.8 Å². The molecule has 5 nitrogen and oxygen atoms in total. The number of anilines is 1. The van der Waals surface area contributed by atoms with Crippen LogP contribution in [-0.2, 0) is 11.3 Å². The van der Waals surface area contributed by atoms with E-state index in [-0.39, 0.29) is 17.5 Å². The highest BCUT2D eigenvalue weighted by Gasteiger charge is 2.16. The molecule has 7 heteroatoms. The molecule has 4 aromatic rings. The molecule has 0 unspecified atom stereocenters. The topological polar surface area (TPSA) is 59.8 Å². The minimum Gasteiger partial charge on any atom is -0.324 e. The normalized spacial score (nSPS) is 11.0. The average Bonchev–Trinajstić information content (AvgIpc) is 3.00. The molecule has 0 atom stereocenters. The Balaban J connectivity index is 1.66. The van der Waals surface area contributed by atoms with Crippen LogP contribution in [0.1, 0.15) is 11.3 Å². The van der Waals surface area contributed by atoms with E-state index in [4.69, 9.17) is 11.6 Å². The number of fused-ring (bicyclic) bond motifs is 1. The van der Waals surface area contributed by atoms with Crippen molar-refractivity contribution >= 4 is 34.2 Å². The molecule has 4 rings (SSSR count). The van der Waals surface area contributed by atoms with Crippen LogP contribution in [0.4, 0.5) is 10.1 Å². The number of nitrogens with one attached hydrogen (secondary N) is 1. The summed E-state index contributed by atoms with van der Waals surface area (Å²) in [7, 11) is 0. The minimum atomic E-state index is -0.536. The van der Waals surface area contributed by atoms with Gasteiger partial charge < -0.3 is 5.32 Å². The standard InChI is InChI=1S/C22H18ClFN4O/c1-13-4-3-5-15(10-13)17-8-9-25-22-21(17)14(2)27-28(22)12-20(29)26-16-6-7-19(24)18(23)11-16/h3-11H,12H2,1-2H3,(H,26,29). The fourth-order valence-corrected chi connectivity index (χ4v) is 3.54. The van der Waals surface area contributed by atoms with Crippen LogP contribution in [0.25, 0.3) is 22.2 Å². The van der Waals surface area contributed by atoms with Crippen molar-refractivity contribution in [1.82, 2.24) is 14.8 Å². The lowest BCUT2D eigenvalue weighted by Crippen LogP contribution is -2.19. The van der Waals surface area contributed by atoms with Crippen molar-refractivity contribution in [3.8, 4) is 11.1 Å². The van der Waals surface area contributed by atoms with Crippen LogP contribution in [0.15, 0.2) is 54.7 Å². The van der Waals surface area contributed by atoms with Gasteiger partial charge in [0.25, 0.3) is 0 Å². The Labute approximate surface area is 172 Å². The van der Waals surface area contributed by atoms with Gasteiger partial charge in [0.05, 0.1) is 10.7 Å². The van der Waals surface area contributed by atoms with Crippen molar-refractivity contribution in [3.63, 3.8) is 0 Å². The van der Waals surface area contributed by atoms with Crippen molar-refractivity contribution in [2.24, 2.45) is 0 Å². The summed E-state index contributed by atoms with van der Waals surface area (Å²) in [6.07, 6.45) is 1.72. The summed E-state index contributed by atoms with van der Waals surface area (Å²) in [5, 5.41) is 8.09. The number of amides is 1. The number of halogens is 2. The molecule has 0 saturated carbocycles. The maximum Gasteiger partial charge on any atom is 0.246 e. The van der Waals surface area contributed by atoms with Gasteiger partial charge in [0, 0.05) is 17.3 Å². The van der Waals surface area contributed by atoms with Crippen molar-refractivity contribution in [2.45, 2.75) is 20.4 Å². The first-order valence-corrected chi connectivity index (χ1v) is 9.44. The molecule has 0 aliphatic rings. The molecule has 1 amide bonds. The van der Waals surface area contributed by atoms with E-state index in [1.807, 2.05) is 38.1 Å². The molecule has 0 aliphatic heterocycles. The zero-order valence-electron chi connectivity index (χ0n) is 15.9.